The van der Waals surface area contributed by atoms with Gasteiger partial charge in [0, 0.05) is 5.56 Å². The van der Waals surface area contributed by atoms with E-state index in [0.717, 1.165) is 5.56 Å². The largest absolute Gasteiger partial charge is 0.461 e. The Labute approximate surface area is 101 Å². The average molecular weight is 235 g/mol. The lowest BCUT2D eigenvalue weighted by atomic mass is 10.0. The zero-order chi connectivity index (χ0) is 12.8. The molecule has 0 amide bonds. The Hall–Kier alpha value is -1.84. The lowest BCUT2D eigenvalue weighted by Gasteiger charge is -2.07. The minimum absolute atomic E-state index is 0.0674. The zero-order valence-corrected chi connectivity index (χ0v) is 10.3. The molecule has 92 valence electrons. The standard InChI is InChI=1S/C13H17NO3/c1-4-17-13(15)12(14-16)11-7-5-10(6-8-11)9(2)3/h5-9,16H,4H2,1-3H3. The summed E-state index contributed by atoms with van der Waals surface area (Å²) in [6.45, 7) is 6.12. The van der Waals surface area contributed by atoms with Crippen molar-refractivity contribution in [1.82, 2.24) is 0 Å². The number of esters is 1. The second kappa shape index (κ2) is 6.03. The molecule has 1 N–H and O–H groups in total. The van der Waals surface area contributed by atoms with Crippen molar-refractivity contribution in [2.45, 2.75) is 26.7 Å². The molecule has 4 nitrogen and oxygen atoms in total. The van der Waals surface area contributed by atoms with Crippen molar-refractivity contribution in [3.05, 3.63) is 35.4 Å². The molecule has 0 saturated heterocycles. The third-order valence-electron chi connectivity index (χ3n) is 2.42. The second-order valence-corrected chi connectivity index (χ2v) is 3.95. The van der Waals surface area contributed by atoms with Crippen LogP contribution in [0.25, 0.3) is 0 Å². The van der Waals surface area contributed by atoms with E-state index in [-0.39, 0.29) is 12.3 Å². The lowest BCUT2D eigenvalue weighted by molar-refractivity contribution is -0.135. The van der Waals surface area contributed by atoms with Crippen molar-refractivity contribution in [2.24, 2.45) is 5.16 Å². The fourth-order valence-corrected chi connectivity index (χ4v) is 1.44. The van der Waals surface area contributed by atoms with Crippen LogP contribution in [0, 0.1) is 0 Å². The van der Waals surface area contributed by atoms with Gasteiger partial charge in [-0.15, -0.1) is 0 Å². The summed E-state index contributed by atoms with van der Waals surface area (Å²) in [4.78, 5) is 11.5. The number of benzene rings is 1. The van der Waals surface area contributed by atoms with Crippen molar-refractivity contribution in [3.8, 4) is 0 Å². The van der Waals surface area contributed by atoms with Crippen molar-refractivity contribution in [2.75, 3.05) is 6.61 Å². The molecule has 0 heterocycles. The molecule has 1 aromatic carbocycles. The number of carbonyl (C=O) groups excluding carboxylic acids is 1. The van der Waals surface area contributed by atoms with Gasteiger partial charge in [-0.1, -0.05) is 43.3 Å². The molecule has 0 aliphatic heterocycles. The van der Waals surface area contributed by atoms with E-state index < -0.39 is 5.97 Å². The molecule has 0 aliphatic rings. The van der Waals surface area contributed by atoms with Crippen LogP contribution in [-0.4, -0.2) is 23.5 Å². The predicted octanol–water partition coefficient (Wildman–Crippen LogP) is 2.55. The molecular weight excluding hydrogens is 218 g/mol. The molecule has 0 spiro atoms. The Balaban J connectivity index is 2.94. The molecule has 0 aliphatic carbocycles. The number of hydrogen-bond donors (Lipinski definition) is 1. The molecule has 1 aromatic rings. The van der Waals surface area contributed by atoms with Gasteiger partial charge in [0.05, 0.1) is 6.61 Å². The van der Waals surface area contributed by atoms with Crippen LogP contribution in [0.5, 0.6) is 0 Å². The maximum atomic E-state index is 11.5. The molecule has 0 radical (unpaired) electrons. The van der Waals surface area contributed by atoms with Gasteiger partial charge in [-0.25, -0.2) is 4.79 Å². The monoisotopic (exact) mass is 235 g/mol. The van der Waals surface area contributed by atoms with Gasteiger partial charge in [-0.3, -0.25) is 0 Å². The maximum Gasteiger partial charge on any atom is 0.361 e. The number of hydrogen-bond acceptors (Lipinski definition) is 4. The number of nitrogens with zero attached hydrogens (tertiary/aromatic N) is 1. The van der Waals surface area contributed by atoms with Crippen LogP contribution in [-0.2, 0) is 9.53 Å². The fraction of sp³-hybridized carbons (Fsp3) is 0.385. The van der Waals surface area contributed by atoms with Crippen LogP contribution in [0.4, 0.5) is 0 Å². The molecule has 0 aromatic heterocycles. The zero-order valence-electron chi connectivity index (χ0n) is 10.3. The molecule has 4 heteroatoms. The van der Waals surface area contributed by atoms with Crippen LogP contribution < -0.4 is 0 Å². The van der Waals surface area contributed by atoms with Gasteiger partial charge in [0.25, 0.3) is 0 Å². The van der Waals surface area contributed by atoms with Gasteiger partial charge in [-0.05, 0) is 18.4 Å². The summed E-state index contributed by atoms with van der Waals surface area (Å²) in [6, 6.07) is 7.32. The average Bonchev–Trinajstić information content (AvgIpc) is 2.31. The Morgan fingerprint density at radius 1 is 1.35 bits per heavy atom. The van der Waals surface area contributed by atoms with E-state index in [1.807, 2.05) is 12.1 Å². The SMILES string of the molecule is CCOC(=O)C(=NO)c1ccc(C(C)C)cc1. The highest BCUT2D eigenvalue weighted by Gasteiger charge is 2.16. The Morgan fingerprint density at radius 3 is 2.35 bits per heavy atom. The van der Waals surface area contributed by atoms with Crippen LogP contribution >= 0.6 is 0 Å². The Bertz CT molecular complexity index is 407. The van der Waals surface area contributed by atoms with Crippen LogP contribution in [0.1, 0.15) is 37.8 Å². The Morgan fingerprint density at radius 2 is 1.94 bits per heavy atom. The molecule has 1 rings (SSSR count). The highest BCUT2D eigenvalue weighted by Crippen LogP contribution is 2.15. The summed E-state index contributed by atoms with van der Waals surface area (Å²) < 4.78 is 4.80. The van der Waals surface area contributed by atoms with Crippen LogP contribution in [0.3, 0.4) is 0 Å². The van der Waals surface area contributed by atoms with Gasteiger partial charge in [-0.2, -0.15) is 0 Å². The molecule has 0 bridgehead atoms. The number of carbonyl (C=O) groups is 1. The van der Waals surface area contributed by atoms with E-state index in [2.05, 4.69) is 19.0 Å². The molecular formula is C13H17NO3. The Kier molecular flexibility index (Phi) is 4.69. The smallest absolute Gasteiger partial charge is 0.361 e. The summed E-state index contributed by atoms with van der Waals surface area (Å²) in [6.07, 6.45) is 0. The predicted molar refractivity (Wildman–Crippen MR) is 65.5 cm³/mol. The molecule has 0 atom stereocenters. The third kappa shape index (κ3) is 3.31. The van der Waals surface area contributed by atoms with E-state index in [1.54, 1.807) is 19.1 Å². The molecule has 0 saturated carbocycles. The van der Waals surface area contributed by atoms with Gasteiger partial charge < -0.3 is 9.94 Å². The number of oxime groups is 1. The fourth-order valence-electron chi connectivity index (χ4n) is 1.44. The topological polar surface area (TPSA) is 58.9 Å². The van der Waals surface area contributed by atoms with E-state index >= 15 is 0 Å². The minimum Gasteiger partial charge on any atom is -0.461 e. The summed E-state index contributed by atoms with van der Waals surface area (Å²) in [7, 11) is 0. The van der Waals surface area contributed by atoms with Gasteiger partial charge in [0.15, 0.2) is 5.71 Å². The van der Waals surface area contributed by atoms with Crippen molar-refractivity contribution < 1.29 is 14.7 Å². The lowest BCUT2D eigenvalue weighted by Crippen LogP contribution is -2.18. The van der Waals surface area contributed by atoms with Gasteiger partial charge >= 0.3 is 5.97 Å². The summed E-state index contributed by atoms with van der Waals surface area (Å²) in [5.41, 5.74) is 1.65. The maximum absolute atomic E-state index is 11.5. The van der Waals surface area contributed by atoms with Crippen molar-refractivity contribution in [1.29, 1.82) is 0 Å². The second-order valence-electron chi connectivity index (χ2n) is 3.95. The van der Waals surface area contributed by atoms with E-state index in [1.165, 1.54) is 0 Å². The molecule has 17 heavy (non-hydrogen) atoms. The van der Waals surface area contributed by atoms with E-state index in [9.17, 15) is 4.79 Å². The first-order valence-corrected chi connectivity index (χ1v) is 5.59. The normalized spacial score (nSPS) is 11.6. The van der Waals surface area contributed by atoms with Gasteiger partial charge in [0.2, 0.25) is 0 Å². The first-order chi connectivity index (χ1) is 8.10. The quantitative estimate of drug-likeness (QED) is 0.377. The molecule has 0 unspecified atom stereocenters. The summed E-state index contributed by atoms with van der Waals surface area (Å²) >= 11 is 0. The third-order valence-corrected chi connectivity index (χ3v) is 2.42. The number of ether oxygens (including phenoxy) is 1. The van der Waals surface area contributed by atoms with Crippen molar-refractivity contribution in [3.63, 3.8) is 0 Å². The van der Waals surface area contributed by atoms with Crippen molar-refractivity contribution >= 4 is 11.7 Å². The summed E-state index contributed by atoms with van der Waals surface area (Å²) in [5.74, 6) is -0.201. The molecule has 0 fully saturated rings. The minimum atomic E-state index is -0.618. The van der Waals surface area contributed by atoms with Gasteiger partial charge in [0.1, 0.15) is 0 Å². The first-order valence-electron chi connectivity index (χ1n) is 5.59. The summed E-state index contributed by atoms with van der Waals surface area (Å²) in [5, 5.41) is 11.8. The number of rotatable bonds is 4. The van der Waals surface area contributed by atoms with E-state index in [4.69, 9.17) is 9.94 Å². The van der Waals surface area contributed by atoms with E-state index in [0.29, 0.717) is 11.5 Å². The highest BCUT2D eigenvalue weighted by atomic mass is 16.5. The first kappa shape index (κ1) is 13.2. The van der Waals surface area contributed by atoms with Crippen LogP contribution in [0.2, 0.25) is 0 Å². The highest BCUT2D eigenvalue weighted by molar-refractivity contribution is 6.43. The van der Waals surface area contributed by atoms with Crippen LogP contribution in [0.15, 0.2) is 29.4 Å².